The Kier molecular flexibility index (Phi) is 8.49. The molecule has 1 aliphatic rings. The predicted molar refractivity (Wildman–Crippen MR) is 103 cm³/mol. The molecule has 168 valence electrons. The van der Waals surface area contributed by atoms with Crippen molar-refractivity contribution in [3.05, 3.63) is 65.7 Å². The molecule has 1 aliphatic heterocycles. The van der Waals surface area contributed by atoms with E-state index in [1.807, 2.05) is 23.2 Å². The minimum absolute atomic E-state index is 0.00662. The van der Waals surface area contributed by atoms with Crippen molar-refractivity contribution in [3.8, 4) is 0 Å². The van der Waals surface area contributed by atoms with Crippen LogP contribution in [0.5, 0.6) is 0 Å². The number of hydrogen-bond acceptors (Lipinski definition) is 4. The van der Waals surface area contributed by atoms with Crippen LogP contribution in [0.2, 0.25) is 0 Å². The van der Waals surface area contributed by atoms with Gasteiger partial charge in [-0.2, -0.15) is 13.2 Å². The first-order valence-electron chi connectivity index (χ1n) is 9.37. The molecule has 10 heteroatoms. The second-order valence-electron chi connectivity index (χ2n) is 6.89. The van der Waals surface area contributed by atoms with E-state index in [-0.39, 0.29) is 30.3 Å². The molecule has 0 saturated carbocycles. The fourth-order valence-corrected chi connectivity index (χ4v) is 3.29. The van der Waals surface area contributed by atoms with Crippen molar-refractivity contribution in [2.75, 3.05) is 13.7 Å². The zero-order chi connectivity index (χ0) is 23.0. The number of amides is 1. The highest BCUT2D eigenvalue weighted by molar-refractivity contribution is 5.79. The molecule has 2 aromatic rings. The Morgan fingerprint density at radius 2 is 1.84 bits per heavy atom. The van der Waals surface area contributed by atoms with E-state index in [2.05, 4.69) is 4.98 Å². The van der Waals surface area contributed by atoms with Crippen LogP contribution in [0.25, 0.3) is 0 Å². The van der Waals surface area contributed by atoms with E-state index < -0.39 is 12.1 Å². The van der Waals surface area contributed by atoms with Gasteiger partial charge in [-0.05, 0) is 42.2 Å². The molecule has 31 heavy (non-hydrogen) atoms. The van der Waals surface area contributed by atoms with Crippen LogP contribution in [0.15, 0.2) is 48.8 Å². The Balaban J connectivity index is 0.000000423. The minimum atomic E-state index is -5.08. The maximum Gasteiger partial charge on any atom is 0.490 e. The average molecular weight is 442 g/mol. The number of carbonyl (C=O) groups excluding carboxylic acids is 1. The predicted octanol–water partition coefficient (Wildman–Crippen LogP) is 3.26. The highest BCUT2D eigenvalue weighted by Crippen LogP contribution is 2.25. The molecule has 2 atom stereocenters. The second-order valence-corrected chi connectivity index (χ2v) is 6.89. The third-order valence-electron chi connectivity index (χ3n) is 4.79. The van der Waals surface area contributed by atoms with Crippen molar-refractivity contribution in [1.82, 2.24) is 9.88 Å². The number of methoxy groups -OCH3 is 1. The van der Waals surface area contributed by atoms with E-state index in [1.54, 1.807) is 25.4 Å². The van der Waals surface area contributed by atoms with Gasteiger partial charge in [0, 0.05) is 26.0 Å². The summed E-state index contributed by atoms with van der Waals surface area (Å²) < 4.78 is 50.3. The summed E-state index contributed by atoms with van der Waals surface area (Å²) >= 11 is 0. The number of hydrogen-bond donors (Lipinski definition) is 1. The fraction of sp³-hybridized carbons (Fsp3) is 0.381. The topological polar surface area (TPSA) is 79.7 Å². The Labute approximate surface area is 176 Å². The van der Waals surface area contributed by atoms with Crippen LogP contribution in [0.4, 0.5) is 17.6 Å². The summed E-state index contributed by atoms with van der Waals surface area (Å²) in [5.74, 6) is -3.00. The standard InChI is InChI=1S/C19H21FN2O2.C2HF3O2/c1-24-18-8-10-22(17(18)11-15-3-2-9-21-13-15)19(23)12-14-4-6-16(20)7-5-14;3-2(4,5)1(6)7/h2-7,9,13,17-18H,8,10-12H2,1H3;(H,6,7)/t17-,18-;/m1./s1. The largest absolute Gasteiger partial charge is 0.490 e. The van der Waals surface area contributed by atoms with Crippen molar-refractivity contribution in [1.29, 1.82) is 0 Å². The molecule has 2 heterocycles. The maximum absolute atomic E-state index is 13.0. The van der Waals surface area contributed by atoms with Crippen LogP contribution in [0, 0.1) is 5.82 Å². The molecular weight excluding hydrogens is 420 g/mol. The zero-order valence-electron chi connectivity index (χ0n) is 16.7. The van der Waals surface area contributed by atoms with Gasteiger partial charge in [-0.1, -0.05) is 18.2 Å². The molecule has 0 aliphatic carbocycles. The number of benzene rings is 1. The van der Waals surface area contributed by atoms with E-state index in [1.165, 1.54) is 12.1 Å². The number of rotatable bonds is 5. The number of aliphatic carboxylic acids is 1. The van der Waals surface area contributed by atoms with Gasteiger partial charge >= 0.3 is 12.1 Å². The number of nitrogens with zero attached hydrogens (tertiary/aromatic N) is 2. The van der Waals surface area contributed by atoms with Gasteiger partial charge in [-0.25, -0.2) is 9.18 Å². The van der Waals surface area contributed by atoms with Crippen LogP contribution in [0.3, 0.4) is 0 Å². The van der Waals surface area contributed by atoms with Gasteiger partial charge in [0.2, 0.25) is 5.91 Å². The first-order valence-corrected chi connectivity index (χ1v) is 9.37. The van der Waals surface area contributed by atoms with Gasteiger partial charge in [0.25, 0.3) is 0 Å². The smallest absolute Gasteiger partial charge is 0.475 e. The summed E-state index contributed by atoms with van der Waals surface area (Å²) in [6, 6.07) is 10.0. The average Bonchev–Trinajstić information content (AvgIpc) is 3.13. The number of pyridine rings is 1. The van der Waals surface area contributed by atoms with Gasteiger partial charge in [0.15, 0.2) is 0 Å². The van der Waals surface area contributed by atoms with Crippen LogP contribution in [0.1, 0.15) is 17.5 Å². The first-order chi connectivity index (χ1) is 14.6. The number of alkyl halides is 3. The summed E-state index contributed by atoms with van der Waals surface area (Å²) in [7, 11) is 1.69. The quantitative estimate of drug-likeness (QED) is 0.720. The molecular formula is C21H22F4N2O4. The zero-order valence-corrected chi connectivity index (χ0v) is 16.7. The Bertz CT molecular complexity index is 860. The summed E-state index contributed by atoms with van der Waals surface area (Å²) in [4.78, 5) is 27.7. The van der Waals surface area contributed by atoms with E-state index in [0.717, 1.165) is 24.0 Å². The Hall–Kier alpha value is -3.01. The second kappa shape index (κ2) is 10.9. The normalized spacial score (nSPS) is 18.3. The number of carboxylic acids is 1. The number of halogens is 4. The van der Waals surface area contributed by atoms with Gasteiger partial charge in [-0.15, -0.1) is 0 Å². The molecule has 0 radical (unpaired) electrons. The number of ether oxygens (including phenoxy) is 1. The van der Waals surface area contributed by atoms with Crippen molar-refractivity contribution in [3.63, 3.8) is 0 Å². The molecule has 0 bridgehead atoms. The number of likely N-dealkylation sites (tertiary alicyclic amines) is 1. The lowest BCUT2D eigenvalue weighted by atomic mass is 10.0. The highest BCUT2D eigenvalue weighted by Gasteiger charge is 2.38. The molecule has 0 unspecified atom stereocenters. The highest BCUT2D eigenvalue weighted by atomic mass is 19.4. The van der Waals surface area contributed by atoms with Gasteiger partial charge < -0.3 is 14.7 Å². The summed E-state index contributed by atoms with van der Waals surface area (Å²) in [5, 5.41) is 7.12. The van der Waals surface area contributed by atoms with Gasteiger partial charge in [0.05, 0.1) is 18.6 Å². The molecule has 1 saturated heterocycles. The fourth-order valence-electron chi connectivity index (χ4n) is 3.29. The summed E-state index contributed by atoms with van der Waals surface area (Å²) in [6.45, 7) is 0.684. The van der Waals surface area contributed by atoms with Crippen LogP contribution >= 0.6 is 0 Å². The monoisotopic (exact) mass is 442 g/mol. The third kappa shape index (κ3) is 7.32. The van der Waals surface area contributed by atoms with E-state index in [4.69, 9.17) is 14.6 Å². The number of carbonyl (C=O) groups is 2. The molecule has 1 fully saturated rings. The van der Waals surface area contributed by atoms with Crippen LogP contribution in [-0.4, -0.2) is 58.8 Å². The molecule has 0 spiro atoms. The van der Waals surface area contributed by atoms with Crippen molar-refractivity contribution < 1.29 is 37.0 Å². The summed E-state index contributed by atoms with van der Waals surface area (Å²) in [5.41, 5.74) is 1.91. The lowest BCUT2D eigenvalue weighted by Gasteiger charge is -2.28. The lowest BCUT2D eigenvalue weighted by Crippen LogP contribution is -2.42. The van der Waals surface area contributed by atoms with Crippen molar-refractivity contribution >= 4 is 11.9 Å². The number of carboxylic acid groups (broad SMARTS) is 1. The van der Waals surface area contributed by atoms with Crippen molar-refractivity contribution in [2.45, 2.75) is 37.6 Å². The van der Waals surface area contributed by atoms with E-state index >= 15 is 0 Å². The molecule has 6 nitrogen and oxygen atoms in total. The van der Waals surface area contributed by atoms with Crippen molar-refractivity contribution in [2.24, 2.45) is 0 Å². The Morgan fingerprint density at radius 3 is 2.35 bits per heavy atom. The maximum atomic E-state index is 13.0. The van der Waals surface area contributed by atoms with Gasteiger partial charge in [0.1, 0.15) is 5.82 Å². The van der Waals surface area contributed by atoms with Gasteiger partial charge in [-0.3, -0.25) is 9.78 Å². The molecule has 1 aromatic carbocycles. The molecule has 1 aromatic heterocycles. The lowest BCUT2D eigenvalue weighted by molar-refractivity contribution is -0.192. The molecule has 3 rings (SSSR count). The number of aromatic nitrogens is 1. The molecule has 1 N–H and O–H groups in total. The minimum Gasteiger partial charge on any atom is -0.475 e. The first kappa shape index (κ1) is 24.3. The van der Waals surface area contributed by atoms with E-state index in [0.29, 0.717) is 6.54 Å². The SMILES string of the molecule is CO[C@@H]1CCN(C(=O)Cc2ccc(F)cc2)[C@@H]1Cc1cccnc1.O=C(O)C(F)(F)F. The summed E-state index contributed by atoms with van der Waals surface area (Å²) in [6.07, 6.45) is 0.345. The van der Waals surface area contributed by atoms with Crippen LogP contribution in [-0.2, 0) is 27.2 Å². The van der Waals surface area contributed by atoms with E-state index in [9.17, 15) is 22.4 Å². The third-order valence-corrected chi connectivity index (χ3v) is 4.79. The molecule has 1 amide bonds. The van der Waals surface area contributed by atoms with Crippen LogP contribution < -0.4 is 0 Å². The Morgan fingerprint density at radius 1 is 1.19 bits per heavy atom.